The third-order valence-electron chi connectivity index (χ3n) is 4.31. The molecule has 0 aliphatic heterocycles. The summed E-state index contributed by atoms with van der Waals surface area (Å²) in [6, 6.07) is 9.55. The summed E-state index contributed by atoms with van der Waals surface area (Å²) in [6.07, 6.45) is 4.17. The standard InChI is InChI=1S/C18H29NS/c1-5-19-15(4)16-7-6-8-17(12-16)20-18-10-13(2)9-14(3)11-18/h6-8,12-15,18-19H,5,9-11H2,1-4H3. The maximum absolute atomic E-state index is 3.50. The molecule has 3 unspecified atom stereocenters. The van der Waals surface area contributed by atoms with Crippen LogP contribution in [0.4, 0.5) is 0 Å². The highest BCUT2D eigenvalue weighted by Gasteiger charge is 2.24. The van der Waals surface area contributed by atoms with Gasteiger partial charge in [-0.3, -0.25) is 0 Å². The summed E-state index contributed by atoms with van der Waals surface area (Å²) in [6.45, 7) is 10.3. The Balaban J connectivity index is 2.00. The van der Waals surface area contributed by atoms with Crippen LogP contribution in [0.1, 0.15) is 58.6 Å². The quantitative estimate of drug-likeness (QED) is 0.792. The number of hydrogen-bond donors (Lipinski definition) is 1. The zero-order chi connectivity index (χ0) is 14.5. The first kappa shape index (κ1) is 15.9. The van der Waals surface area contributed by atoms with Crippen LogP contribution in [0.15, 0.2) is 29.2 Å². The molecule has 0 heterocycles. The first-order valence-electron chi connectivity index (χ1n) is 8.08. The lowest BCUT2D eigenvalue weighted by molar-refractivity contribution is 0.309. The van der Waals surface area contributed by atoms with E-state index in [1.54, 1.807) is 0 Å². The molecule has 2 heteroatoms. The van der Waals surface area contributed by atoms with Crippen LogP contribution in [0.3, 0.4) is 0 Å². The summed E-state index contributed by atoms with van der Waals surface area (Å²) >= 11 is 2.09. The van der Waals surface area contributed by atoms with Gasteiger partial charge in [0.15, 0.2) is 0 Å². The summed E-state index contributed by atoms with van der Waals surface area (Å²) < 4.78 is 0. The van der Waals surface area contributed by atoms with Gasteiger partial charge in [-0.2, -0.15) is 0 Å². The summed E-state index contributed by atoms with van der Waals surface area (Å²) in [5.41, 5.74) is 1.41. The molecule has 0 radical (unpaired) electrons. The third-order valence-corrected chi connectivity index (χ3v) is 5.55. The van der Waals surface area contributed by atoms with E-state index >= 15 is 0 Å². The van der Waals surface area contributed by atoms with Crippen molar-refractivity contribution in [2.24, 2.45) is 11.8 Å². The molecule has 1 fully saturated rings. The van der Waals surface area contributed by atoms with Crippen LogP contribution in [-0.2, 0) is 0 Å². The van der Waals surface area contributed by atoms with Gasteiger partial charge in [0.05, 0.1) is 0 Å². The van der Waals surface area contributed by atoms with Crippen LogP contribution >= 0.6 is 11.8 Å². The first-order valence-corrected chi connectivity index (χ1v) is 8.96. The van der Waals surface area contributed by atoms with Crippen LogP contribution in [0.2, 0.25) is 0 Å². The van der Waals surface area contributed by atoms with Crippen molar-refractivity contribution in [3.63, 3.8) is 0 Å². The Hall–Kier alpha value is -0.470. The van der Waals surface area contributed by atoms with E-state index in [9.17, 15) is 0 Å². The van der Waals surface area contributed by atoms with Crippen molar-refractivity contribution < 1.29 is 0 Å². The average molecular weight is 292 g/mol. The van der Waals surface area contributed by atoms with E-state index in [0.717, 1.165) is 23.6 Å². The molecule has 2 rings (SSSR count). The fourth-order valence-corrected chi connectivity index (χ4v) is 5.04. The van der Waals surface area contributed by atoms with Gasteiger partial charge >= 0.3 is 0 Å². The van der Waals surface area contributed by atoms with E-state index < -0.39 is 0 Å². The number of benzene rings is 1. The molecule has 0 aromatic heterocycles. The smallest absolute Gasteiger partial charge is 0.0292 e. The van der Waals surface area contributed by atoms with Gasteiger partial charge in [0.1, 0.15) is 0 Å². The van der Waals surface area contributed by atoms with Crippen molar-refractivity contribution in [3.05, 3.63) is 29.8 Å². The van der Waals surface area contributed by atoms with Crippen molar-refractivity contribution >= 4 is 11.8 Å². The predicted molar refractivity (Wildman–Crippen MR) is 90.4 cm³/mol. The van der Waals surface area contributed by atoms with Crippen molar-refractivity contribution in [3.8, 4) is 0 Å². The minimum atomic E-state index is 0.449. The van der Waals surface area contributed by atoms with E-state index in [2.05, 4.69) is 69.0 Å². The summed E-state index contributed by atoms with van der Waals surface area (Å²) in [5, 5.41) is 4.30. The fourth-order valence-electron chi connectivity index (χ4n) is 3.44. The van der Waals surface area contributed by atoms with Gasteiger partial charge in [-0.1, -0.05) is 32.9 Å². The molecule has 1 aliphatic carbocycles. The molecule has 1 N–H and O–H groups in total. The van der Waals surface area contributed by atoms with E-state index in [1.807, 2.05) is 0 Å². The molecule has 1 aromatic carbocycles. The second-order valence-electron chi connectivity index (χ2n) is 6.51. The van der Waals surface area contributed by atoms with Gasteiger partial charge < -0.3 is 5.32 Å². The van der Waals surface area contributed by atoms with Crippen LogP contribution in [0.25, 0.3) is 0 Å². The van der Waals surface area contributed by atoms with E-state index in [4.69, 9.17) is 0 Å². The second-order valence-corrected chi connectivity index (χ2v) is 7.88. The van der Waals surface area contributed by atoms with Gasteiger partial charge in [-0.25, -0.2) is 0 Å². The molecule has 0 spiro atoms. The maximum atomic E-state index is 3.50. The van der Waals surface area contributed by atoms with Crippen LogP contribution in [-0.4, -0.2) is 11.8 Å². The summed E-state index contributed by atoms with van der Waals surface area (Å²) in [4.78, 5) is 1.44. The maximum Gasteiger partial charge on any atom is 0.0292 e. The monoisotopic (exact) mass is 291 g/mol. The molecule has 1 nitrogen and oxygen atoms in total. The Morgan fingerprint density at radius 3 is 2.55 bits per heavy atom. The highest BCUT2D eigenvalue weighted by atomic mass is 32.2. The van der Waals surface area contributed by atoms with Crippen molar-refractivity contribution in [2.45, 2.75) is 63.1 Å². The molecule has 3 atom stereocenters. The van der Waals surface area contributed by atoms with Gasteiger partial charge in [0, 0.05) is 16.2 Å². The number of hydrogen-bond acceptors (Lipinski definition) is 2. The van der Waals surface area contributed by atoms with Gasteiger partial charge in [0.25, 0.3) is 0 Å². The second kappa shape index (κ2) is 7.51. The minimum Gasteiger partial charge on any atom is -0.310 e. The SMILES string of the molecule is CCNC(C)c1cccc(SC2CC(C)CC(C)C2)c1. The Labute approximate surface area is 128 Å². The Morgan fingerprint density at radius 2 is 1.90 bits per heavy atom. The van der Waals surface area contributed by atoms with E-state index in [0.29, 0.717) is 6.04 Å². The average Bonchev–Trinajstić information content (AvgIpc) is 2.38. The summed E-state index contributed by atoms with van der Waals surface area (Å²) in [7, 11) is 0. The van der Waals surface area contributed by atoms with Gasteiger partial charge in [-0.15, -0.1) is 11.8 Å². The third kappa shape index (κ3) is 4.53. The number of nitrogens with one attached hydrogen (secondary N) is 1. The molecule has 1 aliphatic rings. The zero-order valence-corrected chi connectivity index (χ0v) is 14.2. The molecule has 0 saturated heterocycles. The van der Waals surface area contributed by atoms with Crippen molar-refractivity contribution in [2.75, 3.05) is 6.54 Å². The lowest BCUT2D eigenvalue weighted by Crippen LogP contribution is -2.21. The largest absolute Gasteiger partial charge is 0.310 e. The Bertz CT molecular complexity index is 408. The molecule has 1 aromatic rings. The minimum absolute atomic E-state index is 0.449. The molecular formula is C18H29NS. The van der Waals surface area contributed by atoms with Crippen LogP contribution in [0, 0.1) is 11.8 Å². The predicted octanol–water partition coefficient (Wildman–Crippen LogP) is 5.27. The molecule has 0 bridgehead atoms. The lowest BCUT2D eigenvalue weighted by Gasteiger charge is -2.31. The Morgan fingerprint density at radius 1 is 1.20 bits per heavy atom. The molecule has 1 saturated carbocycles. The van der Waals surface area contributed by atoms with Crippen LogP contribution in [0.5, 0.6) is 0 Å². The highest BCUT2D eigenvalue weighted by Crippen LogP contribution is 2.39. The zero-order valence-electron chi connectivity index (χ0n) is 13.4. The van der Waals surface area contributed by atoms with E-state index in [1.165, 1.54) is 29.7 Å². The fraction of sp³-hybridized carbons (Fsp3) is 0.667. The molecular weight excluding hydrogens is 262 g/mol. The topological polar surface area (TPSA) is 12.0 Å². The van der Waals surface area contributed by atoms with Crippen LogP contribution < -0.4 is 5.32 Å². The molecule has 112 valence electrons. The normalized spacial score (nSPS) is 28.3. The molecule has 20 heavy (non-hydrogen) atoms. The van der Waals surface area contributed by atoms with E-state index in [-0.39, 0.29) is 0 Å². The van der Waals surface area contributed by atoms with Gasteiger partial charge in [0.2, 0.25) is 0 Å². The Kier molecular flexibility index (Phi) is 5.98. The van der Waals surface area contributed by atoms with Crippen molar-refractivity contribution in [1.29, 1.82) is 0 Å². The van der Waals surface area contributed by atoms with Crippen molar-refractivity contribution in [1.82, 2.24) is 5.32 Å². The summed E-state index contributed by atoms with van der Waals surface area (Å²) in [5.74, 6) is 1.78. The first-order chi connectivity index (χ1) is 9.58. The highest BCUT2D eigenvalue weighted by molar-refractivity contribution is 8.00. The van der Waals surface area contributed by atoms with Gasteiger partial charge in [-0.05, 0) is 62.3 Å². The molecule has 0 amide bonds. The lowest BCUT2D eigenvalue weighted by atomic mass is 9.83. The number of rotatable bonds is 5. The number of thioether (sulfide) groups is 1.